The summed E-state index contributed by atoms with van der Waals surface area (Å²) in [5.74, 6) is -0.811. The average Bonchev–Trinajstić information content (AvgIpc) is 2.76. The normalized spacial score (nSPS) is 12.4. The minimum absolute atomic E-state index is 0.0852. The average molecular weight is 269 g/mol. The number of methoxy groups -OCH3 is 1. The fraction of sp³-hybridized carbons (Fsp3) is 0.538. The van der Waals surface area contributed by atoms with Crippen LogP contribution >= 0.6 is 0 Å². The summed E-state index contributed by atoms with van der Waals surface area (Å²) < 4.78 is 10.1. The van der Waals surface area contributed by atoms with Crippen molar-refractivity contribution in [3.8, 4) is 0 Å². The van der Waals surface area contributed by atoms with Crippen LogP contribution in [0.15, 0.2) is 16.5 Å². The van der Waals surface area contributed by atoms with Crippen molar-refractivity contribution in [3.63, 3.8) is 0 Å². The van der Waals surface area contributed by atoms with Crippen molar-refractivity contribution in [2.45, 2.75) is 32.9 Å². The quantitative estimate of drug-likeness (QED) is 0.785. The van der Waals surface area contributed by atoms with Crippen molar-refractivity contribution >= 4 is 11.9 Å². The summed E-state index contributed by atoms with van der Waals surface area (Å²) in [7, 11) is 1.52. The molecular formula is C13H19NO5. The van der Waals surface area contributed by atoms with Crippen LogP contribution in [-0.4, -0.2) is 30.1 Å². The van der Waals surface area contributed by atoms with Crippen LogP contribution in [0.2, 0.25) is 0 Å². The van der Waals surface area contributed by atoms with Gasteiger partial charge in [0, 0.05) is 7.11 Å². The molecule has 0 saturated heterocycles. The summed E-state index contributed by atoms with van der Waals surface area (Å²) in [5, 5.41) is 11.5. The second-order valence-electron chi connectivity index (χ2n) is 4.69. The van der Waals surface area contributed by atoms with Gasteiger partial charge >= 0.3 is 5.97 Å². The number of carboxylic acids is 1. The van der Waals surface area contributed by atoms with Gasteiger partial charge < -0.3 is 19.6 Å². The van der Waals surface area contributed by atoms with Crippen molar-refractivity contribution < 1.29 is 23.8 Å². The smallest absolute Gasteiger partial charge is 0.326 e. The Balaban J connectivity index is 2.67. The number of aliphatic carboxylic acids is 1. The summed E-state index contributed by atoms with van der Waals surface area (Å²) in [4.78, 5) is 22.9. The molecule has 0 aliphatic carbocycles. The van der Waals surface area contributed by atoms with Crippen LogP contribution in [0.3, 0.4) is 0 Å². The first-order valence-electron chi connectivity index (χ1n) is 6.05. The van der Waals surface area contributed by atoms with Gasteiger partial charge in [-0.1, -0.05) is 13.8 Å². The number of ether oxygens (including phenoxy) is 1. The van der Waals surface area contributed by atoms with Gasteiger partial charge in [-0.25, -0.2) is 4.79 Å². The van der Waals surface area contributed by atoms with Crippen molar-refractivity contribution in [1.82, 2.24) is 5.32 Å². The number of hydrogen-bond donors (Lipinski definition) is 2. The summed E-state index contributed by atoms with van der Waals surface area (Å²) in [6.45, 7) is 4.05. The lowest BCUT2D eigenvalue weighted by molar-refractivity contribution is -0.139. The lowest BCUT2D eigenvalue weighted by Gasteiger charge is -2.15. The molecule has 0 spiro atoms. The van der Waals surface area contributed by atoms with E-state index in [-0.39, 0.29) is 18.3 Å². The Bertz CT molecular complexity index is 438. The molecule has 106 valence electrons. The molecule has 0 aliphatic rings. The lowest BCUT2D eigenvalue weighted by atomic mass is 10.0. The molecule has 1 aromatic heterocycles. The molecule has 1 rings (SSSR count). The zero-order valence-electron chi connectivity index (χ0n) is 11.3. The number of hydrogen-bond acceptors (Lipinski definition) is 4. The zero-order valence-corrected chi connectivity index (χ0v) is 11.3. The van der Waals surface area contributed by atoms with Crippen LogP contribution in [0.4, 0.5) is 0 Å². The summed E-state index contributed by atoms with van der Waals surface area (Å²) in [6.07, 6.45) is 0.368. The molecule has 1 amide bonds. The Morgan fingerprint density at radius 2 is 2.11 bits per heavy atom. The molecule has 1 atom stereocenters. The molecule has 1 aromatic rings. The van der Waals surface area contributed by atoms with E-state index in [1.54, 1.807) is 6.07 Å². The third-order valence-corrected chi connectivity index (χ3v) is 2.48. The van der Waals surface area contributed by atoms with Crippen LogP contribution < -0.4 is 5.32 Å². The summed E-state index contributed by atoms with van der Waals surface area (Å²) >= 11 is 0. The number of carboxylic acid groups (broad SMARTS) is 1. The van der Waals surface area contributed by atoms with E-state index in [0.29, 0.717) is 12.2 Å². The van der Waals surface area contributed by atoms with E-state index in [0.717, 1.165) is 0 Å². The van der Waals surface area contributed by atoms with Gasteiger partial charge in [-0.05, 0) is 24.5 Å². The number of rotatable bonds is 7. The predicted molar refractivity (Wildman–Crippen MR) is 67.8 cm³/mol. The van der Waals surface area contributed by atoms with E-state index in [4.69, 9.17) is 14.3 Å². The molecule has 0 fully saturated rings. The minimum Gasteiger partial charge on any atom is -0.480 e. The molecule has 19 heavy (non-hydrogen) atoms. The zero-order chi connectivity index (χ0) is 14.4. The van der Waals surface area contributed by atoms with Gasteiger partial charge in [0.25, 0.3) is 5.91 Å². The summed E-state index contributed by atoms with van der Waals surface area (Å²) in [5.41, 5.74) is 0. The first-order valence-corrected chi connectivity index (χ1v) is 6.05. The number of amides is 1. The standard InChI is InChI=1S/C13H19NO5/c1-8(2)6-10(13(16)17)14-12(15)11-5-4-9(19-11)7-18-3/h4-5,8,10H,6-7H2,1-3H3,(H,14,15)(H,16,17). The Kier molecular flexibility index (Phi) is 5.57. The van der Waals surface area contributed by atoms with E-state index in [1.165, 1.54) is 13.2 Å². The topological polar surface area (TPSA) is 88.8 Å². The highest BCUT2D eigenvalue weighted by Gasteiger charge is 2.23. The first kappa shape index (κ1) is 15.2. The molecule has 6 heteroatoms. The van der Waals surface area contributed by atoms with Gasteiger partial charge in [0.05, 0.1) is 0 Å². The van der Waals surface area contributed by atoms with Gasteiger partial charge in [-0.3, -0.25) is 4.79 Å². The van der Waals surface area contributed by atoms with Crippen molar-refractivity contribution in [3.05, 3.63) is 23.7 Å². The maximum Gasteiger partial charge on any atom is 0.326 e. The fourth-order valence-electron chi connectivity index (χ4n) is 1.64. The Labute approximate surface area is 111 Å². The molecule has 0 radical (unpaired) electrons. The molecular weight excluding hydrogens is 250 g/mol. The van der Waals surface area contributed by atoms with E-state index >= 15 is 0 Å². The van der Waals surface area contributed by atoms with Gasteiger partial charge in [-0.2, -0.15) is 0 Å². The van der Waals surface area contributed by atoms with Crippen LogP contribution in [0, 0.1) is 5.92 Å². The molecule has 2 N–H and O–H groups in total. The second-order valence-corrected chi connectivity index (χ2v) is 4.69. The molecule has 1 heterocycles. The molecule has 0 aromatic carbocycles. The number of furan rings is 1. The Morgan fingerprint density at radius 3 is 2.63 bits per heavy atom. The van der Waals surface area contributed by atoms with Crippen LogP contribution in [-0.2, 0) is 16.1 Å². The van der Waals surface area contributed by atoms with Crippen LogP contribution in [0.5, 0.6) is 0 Å². The molecule has 1 unspecified atom stereocenters. The minimum atomic E-state index is -1.05. The van der Waals surface area contributed by atoms with E-state index in [9.17, 15) is 9.59 Å². The van der Waals surface area contributed by atoms with E-state index < -0.39 is 17.9 Å². The van der Waals surface area contributed by atoms with Crippen molar-refractivity contribution in [1.29, 1.82) is 0 Å². The summed E-state index contributed by atoms with van der Waals surface area (Å²) in [6, 6.07) is 2.21. The van der Waals surface area contributed by atoms with E-state index in [1.807, 2.05) is 13.8 Å². The van der Waals surface area contributed by atoms with Gasteiger partial charge in [-0.15, -0.1) is 0 Å². The van der Waals surface area contributed by atoms with Crippen molar-refractivity contribution in [2.75, 3.05) is 7.11 Å². The third-order valence-electron chi connectivity index (χ3n) is 2.48. The Hall–Kier alpha value is -1.82. The van der Waals surface area contributed by atoms with E-state index in [2.05, 4.69) is 5.32 Å². The molecule has 0 bridgehead atoms. The lowest BCUT2D eigenvalue weighted by Crippen LogP contribution is -2.41. The maximum absolute atomic E-state index is 11.8. The van der Waals surface area contributed by atoms with Gasteiger partial charge in [0.1, 0.15) is 18.4 Å². The number of nitrogens with one attached hydrogen (secondary N) is 1. The largest absolute Gasteiger partial charge is 0.480 e. The first-order chi connectivity index (χ1) is 8.93. The number of carbonyl (C=O) groups excluding carboxylic acids is 1. The highest BCUT2D eigenvalue weighted by atomic mass is 16.5. The van der Waals surface area contributed by atoms with Gasteiger partial charge in [0.15, 0.2) is 5.76 Å². The monoisotopic (exact) mass is 269 g/mol. The Morgan fingerprint density at radius 1 is 1.42 bits per heavy atom. The highest BCUT2D eigenvalue weighted by Crippen LogP contribution is 2.10. The third kappa shape index (κ3) is 4.75. The SMILES string of the molecule is COCc1ccc(C(=O)NC(CC(C)C)C(=O)O)o1. The van der Waals surface area contributed by atoms with Gasteiger partial charge in [0.2, 0.25) is 0 Å². The van der Waals surface area contributed by atoms with Crippen LogP contribution in [0.25, 0.3) is 0 Å². The second kappa shape index (κ2) is 6.94. The molecule has 0 aliphatic heterocycles. The fourth-order valence-corrected chi connectivity index (χ4v) is 1.64. The van der Waals surface area contributed by atoms with Crippen LogP contribution in [0.1, 0.15) is 36.6 Å². The predicted octanol–water partition coefficient (Wildman–Crippen LogP) is 1.66. The molecule has 6 nitrogen and oxygen atoms in total. The van der Waals surface area contributed by atoms with Crippen molar-refractivity contribution in [2.24, 2.45) is 5.92 Å². The molecule has 0 saturated carbocycles. The maximum atomic E-state index is 11.8. The highest BCUT2D eigenvalue weighted by molar-refractivity contribution is 5.94. The number of carbonyl (C=O) groups is 2.